The van der Waals surface area contributed by atoms with Gasteiger partial charge >= 0.3 is 0 Å². The number of para-hydroxylation sites is 1. The molecule has 0 amide bonds. The number of sulfonamides is 1. The van der Waals surface area contributed by atoms with Gasteiger partial charge in [-0.25, -0.2) is 8.42 Å². The Labute approximate surface area is 147 Å². The molecule has 3 aromatic carbocycles. The standard InChI is InChI=1S/C20H19NO3S/c1-14-11-17-5-3-4-6-20(17)21(14)25(22,23)19-10-8-15-12-18(24-2)9-7-16(15)13-19/h3-10,12-14H,11H2,1-2H3/t14-/m1/s1. The molecule has 0 saturated carbocycles. The zero-order valence-electron chi connectivity index (χ0n) is 14.1. The number of fused-ring (bicyclic) bond motifs is 2. The van der Waals surface area contributed by atoms with Gasteiger partial charge in [0, 0.05) is 6.04 Å². The number of hydrogen-bond donors (Lipinski definition) is 0. The largest absolute Gasteiger partial charge is 0.497 e. The molecule has 4 rings (SSSR count). The van der Waals surface area contributed by atoms with E-state index in [9.17, 15) is 8.42 Å². The van der Waals surface area contributed by atoms with Crippen molar-refractivity contribution in [2.45, 2.75) is 24.3 Å². The minimum Gasteiger partial charge on any atom is -0.497 e. The summed E-state index contributed by atoms with van der Waals surface area (Å²) in [6, 6.07) is 18.5. The van der Waals surface area contributed by atoms with Crippen molar-refractivity contribution in [3.8, 4) is 5.75 Å². The summed E-state index contributed by atoms with van der Waals surface area (Å²) in [6.07, 6.45) is 0.736. The minimum absolute atomic E-state index is 0.0889. The topological polar surface area (TPSA) is 46.6 Å². The lowest BCUT2D eigenvalue weighted by Gasteiger charge is -2.24. The Hall–Kier alpha value is -2.53. The minimum atomic E-state index is -3.61. The van der Waals surface area contributed by atoms with Gasteiger partial charge in [0.1, 0.15) is 5.75 Å². The Balaban J connectivity index is 1.82. The molecule has 0 unspecified atom stereocenters. The molecular formula is C20H19NO3S. The third kappa shape index (κ3) is 2.55. The van der Waals surface area contributed by atoms with Crippen LogP contribution in [0.3, 0.4) is 0 Å². The number of hydrogen-bond acceptors (Lipinski definition) is 3. The maximum absolute atomic E-state index is 13.3. The van der Waals surface area contributed by atoms with E-state index in [4.69, 9.17) is 4.74 Å². The number of anilines is 1. The summed E-state index contributed by atoms with van der Waals surface area (Å²) in [7, 11) is -1.99. The smallest absolute Gasteiger partial charge is 0.264 e. The Morgan fingerprint density at radius 2 is 1.72 bits per heavy atom. The van der Waals surface area contributed by atoms with E-state index in [1.54, 1.807) is 23.5 Å². The van der Waals surface area contributed by atoms with Gasteiger partial charge in [-0.1, -0.05) is 30.3 Å². The van der Waals surface area contributed by atoms with Crippen LogP contribution < -0.4 is 9.04 Å². The van der Waals surface area contributed by atoms with Crippen molar-refractivity contribution < 1.29 is 13.2 Å². The van der Waals surface area contributed by atoms with E-state index < -0.39 is 10.0 Å². The highest BCUT2D eigenvalue weighted by atomic mass is 32.2. The first-order chi connectivity index (χ1) is 12.0. The summed E-state index contributed by atoms with van der Waals surface area (Å²) >= 11 is 0. The maximum atomic E-state index is 13.3. The molecule has 25 heavy (non-hydrogen) atoms. The number of rotatable bonds is 3. The SMILES string of the molecule is COc1ccc2cc(S(=O)(=O)N3c4ccccc4C[C@H]3C)ccc2c1. The average Bonchev–Trinajstić information content (AvgIpc) is 2.97. The van der Waals surface area contributed by atoms with Gasteiger partial charge in [-0.05, 0) is 60.0 Å². The highest BCUT2D eigenvalue weighted by Gasteiger charge is 2.35. The van der Waals surface area contributed by atoms with Gasteiger partial charge in [0.2, 0.25) is 0 Å². The van der Waals surface area contributed by atoms with Crippen molar-refractivity contribution >= 4 is 26.5 Å². The molecule has 1 aliphatic heterocycles. The predicted octanol–water partition coefficient (Wildman–Crippen LogP) is 3.99. The monoisotopic (exact) mass is 353 g/mol. The van der Waals surface area contributed by atoms with E-state index in [1.165, 1.54) is 0 Å². The first-order valence-electron chi connectivity index (χ1n) is 8.21. The molecule has 1 atom stereocenters. The molecule has 0 aromatic heterocycles. The first kappa shape index (κ1) is 16.0. The molecule has 4 nitrogen and oxygen atoms in total. The third-order valence-corrected chi connectivity index (χ3v) is 6.64. The summed E-state index contributed by atoms with van der Waals surface area (Å²) < 4.78 is 33.3. The van der Waals surface area contributed by atoms with Crippen molar-refractivity contribution in [3.05, 3.63) is 66.2 Å². The molecule has 3 aromatic rings. The fraction of sp³-hybridized carbons (Fsp3) is 0.200. The van der Waals surface area contributed by atoms with E-state index in [-0.39, 0.29) is 6.04 Å². The number of nitrogens with zero attached hydrogens (tertiary/aromatic N) is 1. The van der Waals surface area contributed by atoms with E-state index in [2.05, 4.69) is 0 Å². The molecule has 1 heterocycles. The van der Waals surface area contributed by atoms with Crippen LogP contribution in [0.2, 0.25) is 0 Å². The van der Waals surface area contributed by atoms with Gasteiger partial charge in [0.15, 0.2) is 0 Å². The summed E-state index contributed by atoms with van der Waals surface area (Å²) in [5.74, 6) is 0.755. The Morgan fingerprint density at radius 3 is 2.52 bits per heavy atom. The first-order valence-corrected chi connectivity index (χ1v) is 9.65. The van der Waals surface area contributed by atoms with Crippen LogP contribution in [-0.2, 0) is 16.4 Å². The zero-order valence-corrected chi connectivity index (χ0v) is 15.0. The fourth-order valence-electron chi connectivity index (χ4n) is 3.51. The predicted molar refractivity (Wildman–Crippen MR) is 99.8 cm³/mol. The highest BCUT2D eigenvalue weighted by Crippen LogP contribution is 2.37. The fourth-order valence-corrected chi connectivity index (χ4v) is 5.23. The molecular weight excluding hydrogens is 334 g/mol. The molecule has 1 aliphatic rings. The van der Waals surface area contributed by atoms with Crippen molar-refractivity contribution in [2.24, 2.45) is 0 Å². The van der Waals surface area contributed by atoms with Crippen LogP contribution in [0.15, 0.2) is 65.6 Å². The Kier molecular flexibility index (Phi) is 3.69. The van der Waals surface area contributed by atoms with Crippen molar-refractivity contribution in [3.63, 3.8) is 0 Å². The van der Waals surface area contributed by atoms with Crippen LogP contribution in [-0.4, -0.2) is 21.6 Å². The summed E-state index contributed by atoms with van der Waals surface area (Å²) in [4.78, 5) is 0.314. The Morgan fingerprint density at radius 1 is 1.00 bits per heavy atom. The Bertz CT molecular complexity index is 1060. The second-order valence-corrected chi connectivity index (χ2v) is 8.17. The molecule has 0 fully saturated rings. The van der Waals surface area contributed by atoms with Crippen molar-refractivity contribution in [1.29, 1.82) is 0 Å². The normalized spacial score (nSPS) is 16.9. The molecule has 0 saturated heterocycles. The van der Waals surface area contributed by atoms with Gasteiger partial charge in [0.25, 0.3) is 10.0 Å². The van der Waals surface area contributed by atoms with Crippen LogP contribution in [0, 0.1) is 0 Å². The number of benzene rings is 3. The van der Waals surface area contributed by atoms with Gasteiger partial charge in [-0.2, -0.15) is 0 Å². The second kappa shape index (κ2) is 5.77. The molecule has 0 spiro atoms. The molecule has 0 aliphatic carbocycles. The quantitative estimate of drug-likeness (QED) is 0.715. The lowest BCUT2D eigenvalue weighted by molar-refractivity contribution is 0.415. The molecule has 0 radical (unpaired) electrons. The highest BCUT2D eigenvalue weighted by molar-refractivity contribution is 7.92. The van der Waals surface area contributed by atoms with E-state index in [0.717, 1.165) is 34.2 Å². The van der Waals surface area contributed by atoms with Crippen LogP contribution in [0.4, 0.5) is 5.69 Å². The van der Waals surface area contributed by atoms with E-state index in [0.29, 0.717) is 4.90 Å². The summed E-state index contributed by atoms with van der Waals surface area (Å²) in [5, 5.41) is 1.83. The van der Waals surface area contributed by atoms with Gasteiger partial charge in [0.05, 0.1) is 17.7 Å². The molecule has 5 heteroatoms. The van der Waals surface area contributed by atoms with Gasteiger partial charge in [-0.15, -0.1) is 0 Å². The number of ether oxygens (including phenoxy) is 1. The van der Waals surface area contributed by atoms with Crippen LogP contribution >= 0.6 is 0 Å². The third-order valence-electron chi connectivity index (χ3n) is 4.72. The van der Waals surface area contributed by atoms with Gasteiger partial charge in [-0.3, -0.25) is 4.31 Å². The van der Waals surface area contributed by atoms with Crippen molar-refractivity contribution in [1.82, 2.24) is 0 Å². The zero-order chi connectivity index (χ0) is 17.6. The molecule has 0 bridgehead atoms. The lowest BCUT2D eigenvalue weighted by Crippen LogP contribution is -2.35. The lowest BCUT2D eigenvalue weighted by atomic mass is 10.1. The van der Waals surface area contributed by atoms with E-state index in [1.807, 2.05) is 55.5 Å². The maximum Gasteiger partial charge on any atom is 0.264 e. The van der Waals surface area contributed by atoms with Crippen LogP contribution in [0.25, 0.3) is 10.8 Å². The van der Waals surface area contributed by atoms with Gasteiger partial charge < -0.3 is 4.74 Å². The average molecular weight is 353 g/mol. The summed E-state index contributed by atoms with van der Waals surface area (Å²) in [6.45, 7) is 1.95. The van der Waals surface area contributed by atoms with Crippen LogP contribution in [0.1, 0.15) is 12.5 Å². The second-order valence-electron chi connectivity index (χ2n) is 6.36. The molecule has 128 valence electrons. The van der Waals surface area contributed by atoms with E-state index >= 15 is 0 Å². The summed E-state index contributed by atoms with van der Waals surface area (Å²) in [5.41, 5.74) is 1.86. The molecule has 0 N–H and O–H groups in total. The van der Waals surface area contributed by atoms with Crippen LogP contribution in [0.5, 0.6) is 5.75 Å². The number of methoxy groups -OCH3 is 1. The van der Waals surface area contributed by atoms with Crippen molar-refractivity contribution in [2.75, 3.05) is 11.4 Å².